The standard InChI is InChI=1S/C42H43Cl2N13O3/c1-46-34-23-29(9-10-30(34)37(45)55-17-13-35(58)50-42(55)60)53-15-11-26(12-16-53)25-52-19-21-54(22-20-52)28-7-5-27(6-8-28)49-40-48-24-31-38(51-40)56-18-14-47-41(56)57(39(31)59)36-32(43)3-2-4-33(36)44/h2-10,14,18,23-24,26,45-46H,11-13,15-17,19-22,25H2,1H3,(H,48,49,51)(H,50,58,60). The van der Waals surface area contributed by atoms with Gasteiger partial charge in [-0.15, -0.1) is 0 Å². The van der Waals surface area contributed by atoms with Gasteiger partial charge in [0.1, 0.15) is 11.2 Å². The number of amidine groups is 1. The minimum atomic E-state index is -0.556. The quantitative estimate of drug-likeness (QED) is 0.102. The number of imidazole rings is 1. The Balaban J connectivity index is 0.778. The number of aromatic nitrogens is 5. The van der Waals surface area contributed by atoms with E-state index in [0.29, 0.717) is 50.0 Å². The number of halogens is 2. The summed E-state index contributed by atoms with van der Waals surface area (Å²) in [6.07, 6.45) is 7.22. The molecule has 3 aliphatic heterocycles. The van der Waals surface area contributed by atoms with Crippen LogP contribution in [-0.4, -0.2) is 111 Å². The van der Waals surface area contributed by atoms with Crippen LogP contribution in [0.25, 0.3) is 22.5 Å². The summed E-state index contributed by atoms with van der Waals surface area (Å²) < 4.78 is 3.11. The molecule has 0 atom stereocenters. The molecule has 0 unspecified atom stereocenters. The fraction of sp³-hybridized carbons (Fsp3) is 0.310. The number of nitrogens with zero attached hydrogens (tertiary/aromatic N) is 9. The van der Waals surface area contributed by atoms with Gasteiger partial charge in [-0.25, -0.2) is 19.3 Å². The van der Waals surface area contributed by atoms with Gasteiger partial charge in [-0.3, -0.25) is 34.5 Å². The third kappa shape index (κ3) is 7.57. The van der Waals surface area contributed by atoms with Crippen LogP contribution in [0.2, 0.25) is 10.0 Å². The number of urea groups is 1. The van der Waals surface area contributed by atoms with Crippen molar-refractivity contribution in [2.75, 3.05) is 79.8 Å². The highest BCUT2D eigenvalue weighted by Crippen LogP contribution is 2.31. The van der Waals surface area contributed by atoms with Crippen molar-refractivity contribution >= 4 is 86.5 Å². The second-order valence-electron chi connectivity index (χ2n) is 15.2. The number of carbonyl (C=O) groups is 2. The molecule has 3 fully saturated rings. The van der Waals surface area contributed by atoms with Gasteiger partial charge >= 0.3 is 6.03 Å². The minimum Gasteiger partial charge on any atom is -0.387 e. The zero-order valence-corrected chi connectivity index (χ0v) is 34.4. The number of hydrogen-bond acceptors (Lipinski definition) is 12. The molecule has 0 aliphatic carbocycles. The van der Waals surface area contributed by atoms with Crippen molar-refractivity contribution < 1.29 is 9.59 Å². The molecular weight excluding hydrogens is 805 g/mol. The molecule has 3 saturated heterocycles. The van der Waals surface area contributed by atoms with Crippen LogP contribution < -0.4 is 31.3 Å². The molecule has 0 spiro atoms. The molecule has 0 saturated carbocycles. The maximum atomic E-state index is 13.7. The SMILES string of the molecule is CNc1cc(N2CCC(CN3CCN(c4ccc(Nc5ncc6c(=O)n(-c7c(Cl)cccc7Cl)c7nccn7c6n5)cc4)CC3)CC2)ccc1C(=N)N1CCC(=O)NC1=O. The van der Waals surface area contributed by atoms with Crippen molar-refractivity contribution in [1.29, 1.82) is 5.41 Å². The zero-order chi connectivity index (χ0) is 41.5. The Hall–Kier alpha value is -6.23. The Morgan fingerprint density at radius 1 is 0.883 bits per heavy atom. The van der Waals surface area contributed by atoms with E-state index in [9.17, 15) is 14.4 Å². The maximum absolute atomic E-state index is 13.7. The number of rotatable bonds is 9. The van der Waals surface area contributed by atoms with E-state index in [1.54, 1.807) is 35.0 Å². The van der Waals surface area contributed by atoms with Gasteiger partial charge in [-0.05, 0) is 73.4 Å². The van der Waals surface area contributed by atoms with Crippen molar-refractivity contribution in [2.45, 2.75) is 19.3 Å². The predicted octanol–water partition coefficient (Wildman–Crippen LogP) is 5.83. The summed E-state index contributed by atoms with van der Waals surface area (Å²) in [6.45, 7) is 7.08. The van der Waals surface area contributed by atoms with Crippen LogP contribution in [0, 0.1) is 11.3 Å². The van der Waals surface area contributed by atoms with E-state index in [2.05, 4.69) is 52.8 Å². The molecule has 3 amide bonds. The average molecular weight is 849 g/mol. The Labute approximate surface area is 355 Å². The average Bonchev–Trinajstić information content (AvgIpc) is 3.75. The first-order chi connectivity index (χ1) is 29.1. The van der Waals surface area contributed by atoms with Crippen molar-refractivity contribution in [2.24, 2.45) is 5.92 Å². The summed E-state index contributed by atoms with van der Waals surface area (Å²) in [4.78, 5) is 60.0. The molecule has 4 N–H and O–H groups in total. The number of piperazine rings is 1. The lowest BCUT2D eigenvalue weighted by Crippen LogP contribution is -2.52. The number of piperidine rings is 1. The Kier molecular flexibility index (Phi) is 10.7. The fourth-order valence-corrected chi connectivity index (χ4v) is 8.95. The number of nitrogens with one attached hydrogen (secondary N) is 4. The van der Waals surface area contributed by atoms with Crippen molar-refractivity contribution in [1.82, 2.24) is 39.0 Å². The normalized spacial score (nSPS) is 16.8. The first-order valence-electron chi connectivity index (χ1n) is 20.0. The van der Waals surface area contributed by atoms with Crippen molar-refractivity contribution in [3.63, 3.8) is 0 Å². The van der Waals surface area contributed by atoms with E-state index in [-0.39, 0.29) is 30.3 Å². The molecule has 3 aromatic heterocycles. The molecule has 308 valence electrons. The highest BCUT2D eigenvalue weighted by molar-refractivity contribution is 6.37. The summed E-state index contributed by atoms with van der Waals surface area (Å²) >= 11 is 13.0. The highest BCUT2D eigenvalue weighted by Gasteiger charge is 2.29. The molecular formula is C42H43Cl2N13O3. The van der Waals surface area contributed by atoms with Gasteiger partial charge in [0.25, 0.3) is 5.56 Å². The van der Waals surface area contributed by atoms with Crippen molar-refractivity contribution in [3.05, 3.63) is 105 Å². The Morgan fingerprint density at radius 3 is 2.32 bits per heavy atom. The summed E-state index contributed by atoms with van der Waals surface area (Å²) in [5.41, 5.74) is 4.85. The molecule has 6 heterocycles. The number of benzene rings is 3. The van der Waals surface area contributed by atoms with Crippen LogP contribution in [0.3, 0.4) is 0 Å². The third-order valence-corrected chi connectivity index (χ3v) is 12.2. The Morgan fingerprint density at radius 2 is 1.60 bits per heavy atom. The predicted molar refractivity (Wildman–Crippen MR) is 235 cm³/mol. The summed E-state index contributed by atoms with van der Waals surface area (Å²) in [6, 6.07) is 18.7. The molecule has 60 heavy (non-hydrogen) atoms. The number of fused-ring (bicyclic) bond motifs is 3. The van der Waals surface area contributed by atoms with E-state index in [1.807, 2.05) is 37.4 Å². The Bertz CT molecular complexity index is 2670. The van der Waals surface area contributed by atoms with Crippen LogP contribution in [-0.2, 0) is 4.79 Å². The maximum Gasteiger partial charge on any atom is 0.329 e. The van der Waals surface area contributed by atoms with E-state index >= 15 is 0 Å². The lowest BCUT2D eigenvalue weighted by atomic mass is 9.95. The van der Waals surface area contributed by atoms with Crippen LogP contribution in [0.5, 0.6) is 0 Å². The van der Waals surface area contributed by atoms with Gasteiger partial charge < -0.3 is 20.4 Å². The second-order valence-corrected chi connectivity index (χ2v) is 16.0. The smallest absolute Gasteiger partial charge is 0.329 e. The molecule has 0 radical (unpaired) electrons. The molecule has 18 heteroatoms. The van der Waals surface area contributed by atoms with E-state index in [4.69, 9.17) is 33.6 Å². The van der Waals surface area contributed by atoms with Crippen LogP contribution in [0.1, 0.15) is 24.8 Å². The minimum absolute atomic E-state index is 0.0752. The van der Waals surface area contributed by atoms with Gasteiger partial charge in [0.05, 0.1) is 15.7 Å². The van der Waals surface area contributed by atoms with Gasteiger partial charge in [0.15, 0.2) is 5.65 Å². The summed E-state index contributed by atoms with van der Waals surface area (Å²) in [5.74, 6) is 1.06. The number of amides is 3. The van der Waals surface area contributed by atoms with E-state index in [0.717, 1.165) is 81.4 Å². The lowest BCUT2D eigenvalue weighted by molar-refractivity contribution is -0.121. The summed E-state index contributed by atoms with van der Waals surface area (Å²) in [5, 5.41) is 18.4. The lowest BCUT2D eigenvalue weighted by Gasteiger charge is -2.40. The molecule has 16 nitrogen and oxygen atoms in total. The summed E-state index contributed by atoms with van der Waals surface area (Å²) in [7, 11) is 1.82. The molecule has 3 aromatic carbocycles. The number of hydrogen-bond donors (Lipinski definition) is 4. The largest absolute Gasteiger partial charge is 0.387 e. The van der Waals surface area contributed by atoms with Gasteiger partial charge in [-0.1, -0.05) is 29.3 Å². The molecule has 3 aliphatic rings. The molecule has 6 aromatic rings. The first kappa shape index (κ1) is 39.2. The van der Waals surface area contributed by atoms with Crippen LogP contribution >= 0.6 is 23.2 Å². The van der Waals surface area contributed by atoms with Crippen molar-refractivity contribution in [3.8, 4) is 5.69 Å². The van der Waals surface area contributed by atoms with Gasteiger partial charge in [0.2, 0.25) is 17.6 Å². The number of para-hydroxylation sites is 1. The zero-order valence-electron chi connectivity index (χ0n) is 32.9. The van der Waals surface area contributed by atoms with Gasteiger partial charge in [0, 0.05) is 113 Å². The van der Waals surface area contributed by atoms with E-state index < -0.39 is 6.03 Å². The van der Waals surface area contributed by atoms with Gasteiger partial charge in [-0.2, -0.15) is 4.98 Å². The first-order valence-corrected chi connectivity index (χ1v) is 20.7. The molecule has 9 rings (SSSR count). The highest BCUT2D eigenvalue weighted by atomic mass is 35.5. The topological polar surface area (TPSA) is 172 Å². The number of imide groups is 1. The second kappa shape index (κ2) is 16.4. The third-order valence-electron chi connectivity index (χ3n) is 11.6. The van der Waals surface area contributed by atoms with E-state index in [1.165, 1.54) is 15.7 Å². The van der Waals surface area contributed by atoms with Crippen LogP contribution in [0.15, 0.2) is 84.0 Å². The monoisotopic (exact) mass is 847 g/mol. The number of anilines is 5. The van der Waals surface area contributed by atoms with Crippen LogP contribution in [0.4, 0.5) is 33.5 Å². The number of carbonyl (C=O) groups excluding carboxylic acids is 2. The molecule has 0 bridgehead atoms. The fourth-order valence-electron chi connectivity index (χ4n) is 8.39.